The number of nitrogens with one attached hydrogen (secondary N) is 2. The molecule has 0 aliphatic carbocycles. The van der Waals surface area contributed by atoms with E-state index < -0.39 is 0 Å². The van der Waals surface area contributed by atoms with Crippen LogP contribution in [0, 0.1) is 0 Å². The molecule has 0 spiro atoms. The van der Waals surface area contributed by atoms with E-state index in [1.165, 1.54) is 11.7 Å². The number of aromatic nitrogens is 3. The number of benzene rings is 3. The van der Waals surface area contributed by atoms with E-state index in [1.807, 2.05) is 36.4 Å². The number of H-pyrrole nitrogens is 1. The molecule has 0 radical (unpaired) electrons. The van der Waals surface area contributed by atoms with Gasteiger partial charge in [-0.2, -0.15) is 0 Å². The van der Waals surface area contributed by atoms with Crippen molar-refractivity contribution in [3.05, 3.63) is 77.1 Å². The van der Waals surface area contributed by atoms with Crippen LogP contribution in [0.3, 0.4) is 0 Å². The van der Waals surface area contributed by atoms with Gasteiger partial charge in [0, 0.05) is 17.0 Å². The molecular weight excluding hydrogens is 492 g/mol. The average molecular weight is 517 g/mol. The molecule has 10 heteroatoms. The van der Waals surface area contributed by atoms with E-state index in [1.54, 1.807) is 44.6 Å². The molecule has 5 rings (SSSR count). The fourth-order valence-corrected chi connectivity index (χ4v) is 4.90. The first-order valence-corrected chi connectivity index (χ1v) is 12.3. The van der Waals surface area contributed by atoms with Gasteiger partial charge in [0.2, 0.25) is 5.91 Å². The predicted octanol–water partition coefficient (Wildman–Crippen LogP) is 4.62. The molecule has 37 heavy (non-hydrogen) atoms. The number of carbonyl (C=O) groups excluding carboxylic acids is 1. The number of carbonyl (C=O) groups is 1. The van der Waals surface area contributed by atoms with Crippen LogP contribution in [0.2, 0.25) is 0 Å². The number of nitrogens with zero attached hydrogens (tertiary/aromatic N) is 2. The van der Waals surface area contributed by atoms with Crippen molar-refractivity contribution in [2.45, 2.75) is 5.16 Å². The number of hydrogen-bond donors (Lipinski definition) is 2. The molecule has 1 amide bonds. The summed E-state index contributed by atoms with van der Waals surface area (Å²) in [6.45, 7) is 0. The molecule has 0 saturated carbocycles. The molecule has 2 aromatic heterocycles. The highest BCUT2D eigenvalue weighted by molar-refractivity contribution is 7.99. The molecule has 2 N–H and O–H groups in total. The van der Waals surface area contributed by atoms with Crippen molar-refractivity contribution < 1.29 is 19.0 Å². The molecular formula is C27H24N4O5S. The van der Waals surface area contributed by atoms with Gasteiger partial charge in [-0.05, 0) is 30.3 Å². The summed E-state index contributed by atoms with van der Waals surface area (Å²) in [6.07, 6.45) is 0. The number of amides is 1. The first-order valence-electron chi connectivity index (χ1n) is 11.4. The Morgan fingerprint density at radius 1 is 0.946 bits per heavy atom. The average Bonchev–Trinajstić information content (AvgIpc) is 3.31. The van der Waals surface area contributed by atoms with Gasteiger partial charge in [0.25, 0.3) is 5.56 Å². The molecule has 0 aliphatic rings. The molecule has 0 aliphatic heterocycles. The van der Waals surface area contributed by atoms with Crippen LogP contribution >= 0.6 is 11.8 Å². The van der Waals surface area contributed by atoms with Crippen LogP contribution in [0.4, 0.5) is 5.69 Å². The van der Waals surface area contributed by atoms with E-state index in [-0.39, 0.29) is 17.2 Å². The van der Waals surface area contributed by atoms with E-state index in [9.17, 15) is 9.59 Å². The molecule has 0 bridgehead atoms. The van der Waals surface area contributed by atoms with E-state index in [0.717, 1.165) is 22.7 Å². The van der Waals surface area contributed by atoms with Gasteiger partial charge in [-0.15, -0.1) is 0 Å². The second kappa shape index (κ2) is 10.3. The Hall–Kier alpha value is -4.44. The standard InChI is InChI=1S/C27H24N4O5S/c1-34-20-11-7-6-10-19(20)28-23(32)15-37-27-30-24-17-8-4-5-9-18(17)29-25(24)26(33)31(27)16-12-13-21(35-2)22(14-16)36-3/h4-14,29H,15H2,1-3H3,(H,28,32). The van der Waals surface area contributed by atoms with E-state index in [2.05, 4.69) is 10.3 Å². The zero-order valence-electron chi connectivity index (χ0n) is 20.4. The first kappa shape index (κ1) is 24.3. The molecule has 0 atom stereocenters. The Bertz CT molecular complexity index is 1680. The lowest BCUT2D eigenvalue weighted by Gasteiger charge is -2.15. The van der Waals surface area contributed by atoms with Gasteiger partial charge in [-0.3, -0.25) is 14.2 Å². The van der Waals surface area contributed by atoms with E-state index in [0.29, 0.717) is 44.8 Å². The van der Waals surface area contributed by atoms with Crippen molar-refractivity contribution in [2.75, 3.05) is 32.4 Å². The zero-order valence-corrected chi connectivity index (χ0v) is 21.2. The number of rotatable bonds is 8. The van der Waals surface area contributed by atoms with Gasteiger partial charge in [-0.25, -0.2) is 4.98 Å². The van der Waals surface area contributed by atoms with Gasteiger partial charge in [-0.1, -0.05) is 42.1 Å². The molecule has 188 valence electrons. The molecule has 0 unspecified atom stereocenters. The second-order valence-electron chi connectivity index (χ2n) is 8.01. The molecule has 2 heterocycles. The minimum atomic E-state index is -0.291. The maximum atomic E-state index is 13.8. The first-order chi connectivity index (χ1) is 18.0. The van der Waals surface area contributed by atoms with Crippen molar-refractivity contribution in [2.24, 2.45) is 0 Å². The number of fused-ring (bicyclic) bond motifs is 3. The number of thioether (sulfide) groups is 1. The fraction of sp³-hybridized carbons (Fsp3) is 0.148. The number of anilines is 1. The van der Waals surface area contributed by atoms with Gasteiger partial charge in [0.05, 0.1) is 38.5 Å². The monoisotopic (exact) mass is 516 g/mol. The number of aromatic amines is 1. The van der Waals surface area contributed by atoms with E-state index in [4.69, 9.17) is 19.2 Å². The number of ether oxygens (including phenoxy) is 3. The summed E-state index contributed by atoms with van der Waals surface area (Å²) in [5.41, 5.74) is 2.53. The Morgan fingerprint density at radius 2 is 1.68 bits per heavy atom. The van der Waals surface area contributed by atoms with Gasteiger partial charge < -0.3 is 24.5 Å². The third-order valence-corrected chi connectivity index (χ3v) is 6.77. The van der Waals surface area contributed by atoms with Crippen molar-refractivity contribution in [1.82, 2.24) is 14.5 Å². The van der Waals surface area contributed by atoms with Crippen molar-refractivity contribution in [3.8, 4) is 22.9 Å². The van der Waals surface area contributed by atoms with Crippen LogP contribution in [-0.2, 0) is 4.79 Å². The molecule has 0 fully saturated rings. The Balaban J connectivity index is 1.58. The summed E-state index contributed by atoms with van der Waals surface area (Å²) >= 11 is 1.16. The maximum absolute atomic E-state index is 13.8. The molecule has 9 nitrogen and oxygen atoms in total. The summed E-state index contributed by atoms with van der Waals surface area (Å²) in [7, 11) is 4.62. The Kier molecular flexibility index (Phi) is 6.74. The maximum Gasteiger partial charge on any atom is 0.283 e. The normalized spacial score (nSPS) is 11.0. The van der Waals surface area contributed by atoms with Gasteiger partial charge in [0.15, 0.2) is 16.7 Å². The Morgan fingerprint density at radius 3 is 2.46 bits per heavy atom. The van der Waals surface area contributed by atoms with Gasteiger partial charge in [0.1, 0.15) is 16.8 Å². The largest absolute Gasteiger partial charge is 0.495 e. The summed E-state index contributed by atoms with van der Waals surface area (Å²) in [6, 6.07) is 19.9. The van der Waals surface area contributed by atoms with E-state index >= 15 is 0 Å². The lowest BCUT2D eigenvalue weighted by atomic mass is 10.2. The van der Waals surface area contributed by atoms with Crippen LogP contribution in [0.15, 0.2) is 76.7 Å². The SMILES string of the molecule is COc1ccccc1NC(=O)CSc1nc2c([nH]c3ccccc32)c(=O)n1-c1ccc(OC)c(OC)c1. The van der Waals surface area contributed by atoms with Crippen LogP contribution < -0.4 is 25.1 Å². The van der Waals surface area contributed by atoms with Crippen LogP contribution in [0.5, 0.6) is 17.2 Å². The predicted molar refractivity (Wildman–Crippen MR) is 145 cm³/mol. The second-order valence-corrected chi connectivity index (χ2v) is 8.95. The van der Waals surface area contributed by atoms with Crippen LogP contribution in [0.1, 0.15) is 0 Å². The molecule has 0 saturated heterocycles. The highest BCUT2D eigenvalue weighted by atomic mass is 32.2. The lowest BCUT2D eigenvalue weighted by molar-refractivity contribution is -0.113. The smallest absolute Gasteiger partial charge is 0.283 e. The van der Waals surface area contributed by atoms with Crippen molar-refractivity contribution >= 4 is 45.3 Å². The summed E-state index contributed by atoms with van der Waals surface area (Å²) in [5, 5.41) is 4.05. The van der Waals surface area contributed by atoms with Crippen LogP contribution in [0.25, 0.3) is 27.6 Å². The number of methoxy groups -OCH3 is 3. The van der Waals surface area contributed by atoms with Crippen molar-refractivity contribution in [1.29, 1.82) is 0 Å². The third kappa shape index (κ3) is 4.58. The number of para-hydroxylation sites is 3. The van der Waals surface area contributed by atoms with Crippen molar-refractivity contribution in [3.63, 3.8) is 0 Å². The fourth-order valence-electron chi connectivity index (χ4n) is 4.10. The minimum absolute atomic E-state index is 0.0195. The number of hydrogen-bond acceptors (Lipinski definition) is 7. The topological polar surface area (TPSA) is 107 Å². The van der Waals surface area contributed by atoms with Gasteiger partial charge >= 0.3 is 0 Å². The lowest BCUT2D eigenvalue weighted by Crippen LogP contribution is -2.23. The molecule has 5 aromatic rings. The Labute approximate surface area is 216 Å². The quantitative estimate of drug-likeness (QED) is 0.229. The summed E-state index contributed by atoms with van der Waals surface area (Å²) in [4.78, 5) is 34.7. The summed E-state index contributed by atoms with van der Waals surface area (Å²) < 4.78 is 17.6. The zero-order chi connectivity index (χ0) is 25.9. The highest BCUT2D eigenvalue weighted by Gasteiger charge is 2.19. The third-order valence-electron chi connectivity index (χ3n) is 5.83. The minimum Gasteiger partial charge on any atom is -0.495 e. The highest BCUT2D eigenvalue weighted by Crippen LogP contribution is 2.32. The summed E-state index contributed by atoms with van der Waals surface area (Å²) in [5.74, 6) is 1.31. The molecule has 3 aromatic carbocycles. The van der Waals surface area contributed by atoms with Crippen LogP contribution in [-0.4, -0.2) is 47.5 Å².